The van der Waals surface area contributed by atoms with Crippen LogP contribution >= 0.6 is 0 Å². The van der Waals surface area contributed by atoms with Crippen molar-refractivity contribution in [3.63, 3.8) is 0 Å². The van der Waals surface area contributed by atoms with E-state index in [1.807, 2.05) is 14.0 Å². The number of rotatable bonds is 4. The van der Waals surface area contributed by atoms with Gasteiger partial charge in [0.2, 0.25) is 0 Å². The average Bonchev–Trinajstić information content (AvgIpc) is 2.81. The fraction of sp³-hybridized carbons (Fsp3) is 0.571. The second kappa shape index (κ2) is 5.67. The van der Waals surface area contributed by atoms with Gasteiger partial charge in [0.25, 0.3) is 0 Å². The molecule has 0 amide bonds. The summed E-state index contributed by atoms with van der Waals surface area (Å²) < 4.78 is 18.9. The van der Waals surface area contributed by atoms with Crippen molar-refractivity contribution in [2.24, 2.45) is 5.73 Å². The number of benzene rings is 1. The maximum atomic E-state index is 13.3. The number of anilines is 1. The average molecular weight is 252 g/mol. The molecule has 0 aromatic heterocycles. The minimum Gasteiger partial charge on any atom is -0.376 e. The first-order valence-corrected chi connectivity index (χ1v) is 6.45. The van der Waals surface area contributed by atoms with Gasteiger partial charge in [0.05, 0.1) is 6.10 Å². The van der Waals surface area contributed by atoms with Crippen molar-refractivity contribution < 1.29 is 9.13 Å². The first-order valence-electron chi connectivity index (χ1n) is 6.45. The highest BCUT2D eigenvalue weighted by Gasteiger charge is 2.19. The molecule has 1 aromatic rings. The molecule has 0 aliphatic carbocycles. The highest BCUT2D eigenvalue weighted by atomic mass is 19.1. The lowest BCUT2D eigenvalue weighted by atomic mass is 10.1. The van der Waals surface area contributed by atoms with Crippen LogP contribution in [0, 0.1) is 5.82 Å². The standard InChI is InChI=1S/C14H21FN2O/c1-10(16)13-8-11(15)5-6-14(13)17(2)9-12-4-3-7-18-12/h5-6,8,10,12H,3-4,7,9,16H2,1-2H3. The zero-order chi connectivity index (χ0) is 13.1. The van der Waals surface area contributed by atoms with E-state index in [1.165, 1.54) is 12.1 Å². The number of hydrogen-bond acceptors (Lipinski definition) is 3. The summed E-state index contributed by atoms with van der Waals surface area (Å²) >= 11 is 0. The third-order valence-electron chi connectivity index (χ3n) is 3.39. The maximum absolute atomic E-state index is 13.3. The van der Waals surface area contributed by atoms with Gasteiger partial charge in [-0.05, 0) is 43.5 Å². The molecule has 1 fully saturated rings. The van der Waals surface area contributed by atoms with Gasteiger partial charge in [-0.3, -0.25) is 0 Å². The van der Waals surface area contributed by atoms with Crippen LogP contribution < -0.4 is 10.6 Å². The SMILES string of the molecule is CC(N)c1cc(F)ccc1N(C)CC1CCCO1. The number of ether oxygens (including phenoxy) is 1. The van der Waals surface area contributed by atoms with Crippen molar-refractivity contribution in [2.75, 3.05) is 25.1 Å². The molecule has 2 atom stereocenters. The van der Waals surface area contributed by atoms with Gasteiger partial charge in [0.1, 0.15) is 5.82 Å². The zero-order valence-corrected chi connectivity index (χ0v) is 11.0. The van der Waals surface area contributed by atoms with Gasteiger partial charge in [0, 0.05) is 31.9 Å². The monoisotopic (exact) mass is 252 g/mol. The number of nitrogens with two attached hydrogens (primary N) is 1. The van der Waals surface area contributed by atoms with Crippen LogP contribution in [-0.4, -0.2) is 26.3 Å². The molecule has 3 nitrogen and oxygen atoms in total. The van der Waals surface area contributed by atoms with Crippen LogP contribution in [0.2, 0.25) is 0 Å². The Morgan fingerprint density at radius 1 is 1.56 bits per heavy atom. The molecular weight excluding hydrogens is 231 g/mol. The molecule has 18 heavy (non-hydrogen) atoms. The minimum absolute atomic E-state index is 0.178. The van der Waals surface area contributed by atoms with Crippen LogP contribution in [0.3, 0.4) is 0 Å². The fourth-order valence-corrected chi connectivity index (χ4v) is 2.43. The third-order valence-corrected chi connectivity index (χ3v) is 3.39. The van der Waals surface area contributed by atoms with Crippen molar-refractivity contribution in [3.8, 4) is 0 Å². The second-order valence-corrected chi connectivity index (χ2v) is 5.01. The van der Waals surface area contributed by atoms with E-state index in [9.17, 15) is 4.39 Å². The van der Waals surface area contributed by atoms with E-state index in [0.717, 1.165) is 37.2 Å². The molecule has 4 heteroatoms. The summed E-state index contributed by atoms with van der Waals surface area (Å²) in [5, 5.41) is 0. The Hall–Kier alpha value is -1.13. The van der Waals surface area contributed by atoms with Crippen LogP contribution in [0.15, 0.2) is 18.2 Å². The van der Waals surface area contributed by atoms with Crippen molar-refractivity contribution in [1.82, 2.24) is 0 Å². The van der Waals surface area contributed by atoms with Gasteiger partial charge >= 0.3 is 0 Å². The third kappa shape index (κ3) is 3.00. The summed E-state index contributed by atoms with van der Waals surface area (Å²) in [5.41, 5.74) is 7.74. The fourth-order valence-electron chi connectivity index (χ4n) is 2.43. The zero-order valence-electron chi connectivity index (χ0n) is 11.0. The molecule has 0 spiro atoms. The number of nitrogens with zero attached hydrogens (tertiary/aromatic N) is 1. The van der Waals surface area contributed by atoms with E-state index in [2.05, 4.69) is 4.90 Å². The summed E-state index contributed by atoms with van der Waals surface area (Å²) in [6.45, 7) is 3.55. The van der Waals surface area contributed by atoms with E-state index in [0.29, 0.717) is 0 Å². The first kappa shape index (κ1) is 13.3. The van der Waals surface area contributed by atoms with E-state index in [4.69, 9.17) is 10.5 Å². The quantitative estimate of drug-likeness (QED) is 0.894. The van der Waals surface area contributed by atoms with Gasteiger partial charge in [-0.25, -0.2) is 4.39 Å². The maximum Gasteiger partial charge on any atom is 0.123 e. The Labute approximate surface area is 108 Å². The molecule has 1 saturated heterocycles. The van der Waals surface area contributed by atoms with Crippen LogP contribution in [0.5, 0.6) is 0 Å². The van der Waals surface area contributed by atoms with Crippen LogP contribution in [0.4, 0.5) is 10.1 Å². The largest absolute Gasteiger partial charge is 0.376 e. The second-order valence-electron chi connectivity index (χ2n) is 5.01. The smallest absolute Gasteiger partial charge is 0.123 e. The number of likely N-dealkylation sites (N-methyl/N-ethyl adjacent to an activating group) is 1. The predicted molar refractivity (Wildman–Crippen MR) is 71.2 cm³/mol. The van der Waals surface area contributed by atoms with Crippen molar-refractivity contribution in [2.45, 2.75) is 31.9 Å². The van der Waals surface area contributed by atoms with Gasteiger partial charge < -0.3 is 15.4 Å². The molecule has 1 aromatic carbocycles. The molecule has 1 aliphatic rings. The summed E-state index contributed by atoms with van der Waals surface area (Å²) in [6.07, 6.45) is 2.50. The minimum atomic E-state index is -0.239. The molecule has 1 aliphatic heterocycles. The van der Waals surface area contributed by atoms with Crippen LogP contribution in [-0.2, 0) is 4.74 Å². The van der Waals surface area contributed by atoms with E-state index < -0.39 is 0 Å². The molecule has 100 valence electrons. The Morgan fingerprint density at radius 2 is 2.33 bits per heavy atom. The van der Waals surface area contributed by atoms with Gasteiger partial charge in [0.15, 0.2) is 0 Å². The summed E-state index contributed by atoms with van der Waals surface area (Å²) in [6, 6.07) is 4.62. The predicted octanol–water partition coefficient (Wildman–Crippen LogP) is 2.46. The lowest BCUT2D eigenvalue weighted by Crippen LogP contribution is -2.30. The molecule has 2 unspecified atom stereocenters. The topological polar surface area (TPSA) is 38.5 Å². The summed E-state index contributed by atoms with van der Waals surface area (Å²) in [4.78, 5) is 2.11. The molecule has 1 heterocycles. The Balaban J connectivity index is 2.15. The van der Waals surface area contributed by atoms with Crippen molar-refractivity contribution in [3.05, 3.63) is 29.6 Å². The van der Waals surface area contributed by atoms with Gasteiger partial charge in [-0.2, -0.15) is 0 Å². The Bertz CT molecular complexity index is 403. The summed E-state index contributed by atoms with van der Waals surface area (Å²) in [7, 11) is 2.00. The molecule has 2 rings (SSSR count). The number of hydrogen-bond donors (Lipinski definition) is 1. The molecule has 0 radical (unpaired) electrons. The Morgan fingerprint density at radius 3 is 2.94 bits per heavy atom. The highest BCUT2D eigenvalue weighted by Crippen LogP contribution is 2.26. The molecule has 0 saturated carbocycles. The van der Waals surface area contributed by atoms with Crippen LogP contribution in [0.25, 0.3) is 0 Å². The van der Waals surface area contributed by atoms with Crippen LogP contribution in [0.1, 0.15) is 31.4 Å². The lowest BCUT2D eigenvalue weighted by Gasteiger charge is -2.26. The summed E-state index contributed by atoms with van der Waals surface area (Å²) in [5.74, 6) is -0.239. The number of halogens is 1. The Kier molecular flexibility index (Phi) is 4.19. The van der Waals surface area contributed by atoms with Gasteiger partial charge in [-0.1, -0.05) is 0 Å². The lowest BCUT2D eigenvalue weighted by molar-refractivity contribution is 0.116. The first-order chi connectivity index (χ1) is 8.58. The normalized spacial score (nSPS) is 21.0. The van der Waals surface area contributed by atoms with Crippen molar-refractivity contribution in [1.29, 1.82) is 0 Å². The van der Waals surface area contributed by atoms with Crippen molar-refractivity contribution >= 4 is 5.69 Å². The highest BCUT2D eigenvalue weighted by molar-refractivity contribution is 5.54. The molecular formula is C14H21FN2O. The molecule has 2 N–H and O–H groups in total. The van der Waals surface area contributed by atoms with E-state index >= 15 is 0 Å². The molecule has 0 bridgehead atoms. The van der Waals surface area contributed by atoms with E-state index in [-0.39, 0.29) is 18.0 Å². The van der Waals surface area contributed by atoms with Gasteiger partial charge in [-0.15, -0.1) is 0 Å². The van der Waals surface area contributed by atoms with E-state index in [1.54, 1.807) is 6.07 Å².